The van der Waals surface area contributed by atoms with E-state index in [2.05, 4.69) is 37.2 Å². The fraction of sp³-hybridized carbons (Fsp3) is 0.0714. The van der Waals surface area contributed by atoms with Gasteiger partial charge in [-0.05, 0) is 68.6 Å². The van der Waals surface area contributed by atoms with E-state index < -0.39 is 0 Å². The van der Waals surface area contributed by atoms with Crippen molar-refractivity contribution in [3.63, 3.8) is 0 Å². The number of halogens is 3. The van der Waals surface area contributed by atoms with E-state index in [-0.39, 0.29) is 5.91 Å². The third-order valence-electron chi connectivity index (χ3n) is 2.80. The molecule has 20 heavy (non-hydrogen) atoms. The van der Waals surface area contributed by atoms with E-state index >= 15 is 0 Å². The predicted molar refractivity (Wildman–Crippen MR) is 90.4 cm³/mol. The Morgan fingerprint density at radius 1 is 1.25 bits per heavy atom. The van der Waals surface area contributed by atoms with Crippen LogP contribution < -0.4 is 11.1 Å². The molecule has 0 saturated heterocycles. The minimum atomic E-state index is -0.291. The van der Waals surface area contributed by atoms with E-state index in [4.69, 9.17) is 17.3 Å². The van der Waals surface area contributed by atoms with Crippen LogP contribution in [0.4, 0.5) is 11.4 Å². The lowest BCUT2D eigenvalue weighted by molar-refractivity contribution is 0.102. The van der Waals surface area contributed by atoms with Gasteiger partial charge in [-0.15, -0.1) is 0 Å². The monoisotopic (exact) mass is 416 g/mol. The summed E-state index contributed by atoms with van der Waals surface area (Å²) in [5.74, 6) is -0.291. The van der Waals surface area contributed by atoms with Crippen LogP contribution in [-0.4, -0.2) is 5.91 Å². The number of anilines is 2. The number of rotatable bonds is 2. The quantitative estimate of drug-likeness (QED) is 0.674. The van der Waals surface area contributed by atoms with Crippen LogP contribution in [0.3, 0.4) is 0 Å². The SMILES string of the molecule is Cc1cc(Br)c(NC(=O)c2cccc(Br)c2Cl)cc1N. The van der Waals surface area contributed by atoms with Crippen LogP contribution in [0, 0.1) is 6.92 Å². The van der Waals surface area contributed by atoms with Gasteiger partial charge in [0, 0.05) is 14.6 Å². The molecule has 104 valence electrons. The molecular weight excluding hydrogens is 407 g/mol. The van der Waals surface area contributed by atoms with Crippen LogP contribution in [-0.2, 0) is 0 Å². The number of nitrogen functional groups attached to an aromatic ring is 1. The van der Waals surface area contributed by atoms with Gasteiger partial charge in [0.1, 0.15) is 0 Å². The van der Waals surface area contributed by atoms with Crippen molar-refractivity contribution in [1.29, 1.82) is 0 Å². The van der Waals surface area contributed by atoms with Gasteiger partial charge in [0.05, 0.1) is 16.3 Å². The molecule has 0 aromatic heterocycles. The van der Waals surface area contributed by atoms with Gasteiger partial charge in [0.25, 0.3) is 5.91 Å². The number of aryl methyl sites for hydroxylation is 1. The lowest BCUT2D eigenvalue weighted by Gasteiger charge is -2.11. The summed E-state index contributed by atoms with van der Waals surface area (Å²) in [6.45, 7) is 1.90. The normalized spacial score (nSPS) is 10.4. The van der Waals surface area contributed by atoms with Crippen LogP contribution in [0.1, 0.15) is 15.9 Å². The largest absolute Gasteiger partial charge is 0.398 e. The topological polar surface area (TPSA) is 55.1 Å². The molecule has 0 aliphatic rings. The fourth-order valence-electron chi connectivity index (χ4n) is 1.65. The molecule has 0 heterocycles. The van der Waals surface area contributed by atoms with E-state index in [0.717, 1.165) is 10.0 Å². The molecular formula is C14H11Br2ClN2O. The Kier molecular flexibility index (Phi) is 4.73. The third-order valence-corrected chi connectivity index (χ3v) is 4.75. The molecule has 2 aromatic rings. The number of nitrogens with two attached hydrogens (primary N) is 1. The summed E-state index contributed by atoms with van der Waals surface area (Å²) in [5, 5.41) is 3.17. The zero-order valence-corrected chi connectivity index (χ0v) is 14.4. The first-order valence-corrected chi connectivity index (χ1v) is 7.67. The Hall–Kier alpha value is -1.04. The minimum absolute atomic E-state index is 0.291. The highest BCUT2D eigenvalue weighted by Crippen LogP contribution is 2.30. The third kappa shape index (κ3) is 3.16. The van der Waals surface area contributed by atoms with Gasteiger partial charge in [-0.2, -0.15) is 0 Å². The highest BCUT2D eigenvalue weighted by atomic mass is 79.9. The first-order chi connectivity index (χ1) is 9.40. The van der Waals surface area contributed by atoms with Crippen LogP contribution in [0.5, 0.6) is 0 Å². The molecule has 0 aliphatic carbocycles. The molecule has 0 aliphatic heterocycles. The number of amides is 1. The average molecular weight is 419 g/mol. The minimum Gasteiger partial charge on any atom is -0.398 e. The second-order valence-electron chi connectivity index (χ2n) is 4.24. The number of carbonyl (C=O) groups is 1. The summed E-state index contributed by atoms with van der Waals surface area (Å²) in [4.78, 5) is 12.3. The van der Waals surface area contributed by atoms with Crippen molar-refractivity contribution in [3.8, 4) is 0 Å². The molecule has 0 saturated carbocycles. The van der Waals surface area contributed by atoms with Crippen molar-refractivity contribution in [2.24, 2.45) is 0 Å². The molecule has 0 atom stereocenters. The molecule has 0 radical (unpaired) electrons. The predicted octanol–water partition coefficient (Wildman–Crippen LogP) is 5.01. The zero-order valence-electron chi connectivity index (χ0n) is 10.5. The highest BCUT2D eigenvalue weighted by Gasteiger charge is 2.14. The highest BCUT2D eigenvalue weighted by molar-refractivity contribution is 9.11. The fourth-order valence-corrected chi connectivity index (χ4v) is 2.79. The van der Waals surface area contributed by atoms with Crippen molar-refractivity contribution < 1.29 is 4.79 Å². The second-order valence-corrected chi connectivity index (χ2v) is 6.33. The molecule has 3 N–H and O–H groups in total. The van der Waals surface area contributed by atoms with Gasteiger partial charge in [0.2, 0.25) is 0 Å². The Morgan fingerprint density at radius 2 is 1.95 bits per heavy atom. The smallest absolute Gasteiger partial charge is 0.257 e. The van der Waals surface area contributed by atoms with Gasteiger partial charge in [-0.25, -0.2) is 0 Å². The van der Waals surface area contributed by atoms with Crippen molar-refractivity contribution in [3.05, 3.63) is 55.4 Å². The van der Waals surface area contributed by atoms with Crippen molar-refractivity contribution in [2.75, 3.05) is 11.1 Å². The molecule has 0 spiro atoms. The maximum Gasteiger partial charge on any atom is 0.257 e. The molecule has 2 aromatic carbocycles. The number of hydrogen-bond acceptors (Lipinski definition) is 2. The Bertz CT molecular complexity index is 689. The van der Waals surface area contributed by atoms with Gasteiger partial charge < -0.3 is 11.1 Å². The van der Waals surface area contributed by atoms with Crippen molar-refractivity contribution >= 4 is 60.7 Å². The number of carbonyl (C=O) groups excluding carboxylic acids is 1. The van der Waals surface area contributed by atoms with Gasteiger partial charge in [-0.1, -0.05) is 17.7 Å². The first kappa shape index (κ1) is 15.4. The number of benzene rings is 2. The van der Waals surface area contributed by atoms with Crippen LogP contribution in [0.15, 0.2) is 39.3 Å². The van der Waals surface area contributed by atoms with Gasteiger partial charge in [-0.3, -0.25) is 4.79 Å². The Balaban J connectivity index is 2.33. The van der Waals surface area contributed by atoms with E-state index in [1.165, 1.54) is 0 Å². The summed E-state index contributed by atoms with van der Waals surface area (Å²) in [5.41, 5.74) is 8.41. The first-order valence-electron chi connectivity index (χ1n) is 5.71. The molecule has 0 bridgehead atoms. The van der Waals surface area contributed by atoms with Crippen molar-refractivity contribution in [2.45, 2.75) is 6.92 Å². The van der Waals surface area contributed by atoms with Crippen molar-refractivity contribution in [1.82, 2.24) is 0 Å². The number of hydrogen-bond donors (Lipinski definition) is 2. The average Bonchev–Trinajstić information content (AvgIpc) is 2.39. The second kappa shape index (κ2) is 6.16. The molecule has 6 heteroatoms. The summed E-state index contributed by atoms with van der Waals surface area (Å²) in [6, 6.07) is 8.76. The summed E-state index contributed by atoms with van der Waals surface area (Å²) < 4.78 is 1.44. The zero-order chi connectivity index (χ0) is 14.9. The Morgan fingerprint density at radius 3 is 2.65 bits per heavy atom. The summed E-state index contributed by atoms with van der Waals surface area (Å²) in [7, 11) is 0. The molecule has 3 nitrogen and oxygen atoms in total. The Labute approximate surface area is 138 Å². The standard InChI is InChI=1S/C14H11Br2ClN2O/c1-7-5-10(16)12(6-11(7)18)19-14(20)8-3-2-4-9(15)13(8)17/h2-6H,18H2,1H3,(H,19,20). The molecule has 2 rings (SSSR count). The molecule has 1 amide bonds. The maximum atomic E-state index is 12.3. The lowest BCUT2D eigenvalue weighted by atomic mass is 10.1. The van der Waals surface area contributed by atoms with Crippen LogP contribution in [0.2, 0.25) is 5.02 Å². The van der Waals surface area contributed by atoms with Gasteiger partial charge >= 0.3 is 0 Å². The lowest BCUT2D eigenvalue weighted by Crippen LogP contribution is -2.13. The van der Waals surface area contributed by atoms with Crippen LogP contribution in [0.25, 0.3) is 0 Å². The van der Waals surface area contributed by atoms with E-state index in [1.54, 1.807) is 24.3 Å². The summed E-state index contributed by atoms with van der Waals surface area (Å²) in [6.07, 6.45) is 0. The summed E-state index contributed by atoms with van der Waals surface area (Å²) >= 11 is 12.8. The molecule has 0 unspecified atom stereocenters. The van der Waals surface area contributed by atoms with E-state index in [1.807, 2.05) is 13.0 Å². The number of nitrogens with one attached hydrogen (secondary N) is 1. The maximum absolute atomic E-state index is 12.3. The van der Waals surface area contributed by atoms with E-state index in [0.29, 0.717) is 26.4 Å². The van der Waals surface area contributed by atoms with Gasteiger partial charge in [0.15, 0.2) is 0 Å². The van der Waals surface area contributed by atoms with E-state index in [9.17, 15) is 4.79 Å². The van der Waals surface area contributed by atoms with Crippen LogP contribution >= 0.6 is 43.5 Å². The molecule has 0 fully saturated rings.